The number of rotatable bonds is 3. The fourth-order valence-electron chi connectivity index (χ4n) is 1.63. The number of nitrogens with one attached hydrogen (secondary N) is 1. The molecule has 0 aromatic heterocycles. The summed E-state index contributed by atoms with van der Waals surface area (Å²) in [4.78, 5) is -0.0867. The van der Waals surface area contributed by atoms with Crippen LogP contribution in [0.5, 0.6) is 0 Å². The molecule has 0 bridgehead atoms. The number of anilines is 3. The van der Waals surface area contributed by atoms with E-state index < -0.39 is 10.0 Å². The monoisotopic (exact) mass is 419 g/mol. The van der Waals surface area contributed by atoms with Gasteiger partial charge < -0.3 is 11.1 Å². The summed E-state index contributed by atoms with van der Waals surface area (Å²) in [6, 6.07) is 10.2. The van der Waals surface area contributed by atoms with Gasteiger partial charge in [0, 0.05) is 14.6 Å². The van der Waals surface area contributed by atoms with Crippen LogP contribution in [0.1, 0.15) is 0 Å². The topological polar surface area (TPSA) is 98.2 Å². The number of benzene rings is 2. The molecule has 0 aliphatic heterocycles. The highest BCUT2D eigenvalue weighted by atomic mass is 79.9. The Balaban J connectivity index is 2.36. The Labute approximate surface area is 133 Å². The first-order chi connectivity index (χ1) is 9.27. The van der Waals surface area contributed by atoms with Gasteiger partial charge in [0.1, 0.15) is 4.90 Å². The van der Waals surface area contributed by atoms with Gasteiger partial charge in [-0.15, -0.1) is 0 Å². The van der Waals surface area contributed by atoms with E-state index in [1.165, 1.54) is 12.1 Å². The molecule has 106 valence electrons. The average molecular weight is 421 g/mol. The van der Waals surface area contributed by atoms with Crippen LogP contribution in [0.4, 0.5) is 17.1 Å². The van der Waals surface area contributed by atoms with E-state index in [4.69, 9.17) is 10.9 Å². The van der Waals surface area contributed by atoms with Gasteiger partial charge in [0.15, 0.2) is 0 Å². The molecular formula is C12H11Br2N3O2S. The first-order valence-electron chi connectivity index (χ1n) is 5.42. The smallest absolute Gasteiger partial charge is 0.240 e. The summed E-state index contributed by atoms with van der Waals surface area (Å²) in [5.41, 5.74) is 7.29. The Morgan fingerprint density at radius 1 is 1.05 bits per heavy atom. The van der Waals surface area contributed by atoms with Gasteiger partial charge in [0.2, 0.25) is 10.0 Å². The number of primary sulfonamides is 1. The number of hydrogen-bond acceptors (Lipinski definition) is 4. The molecule has 0 heterocycles. The van der Waals surface area contributed by atoms with Crippen molar-refractivity contribution in [3.05, 3.63) is 45.3 Å². The summed E-state index contributed by atoms with van der Waals surface area (Å²) in [5, 5.41) is 8.20. The maximum Gasteiger partial charge on any atom is 0.240 e. The lowest BCUT2D eigenvalue weighted by Gasteiger charge is -2.11. The van der Waals surface area contributed by atoms with Crippen molar-refractivity contribution in [1.29, 1.82) is 0 Å². The first-order valence-corrected chi connectivity index (χ1v) is 8.55. The molecule has 0 aliphatic carbocycles. The van der Waals surface area contributed by atoms with Crippen molar-refractivity contribution in [2.24, 2.45) is 5.14 Å². The number of nitrogen functional groups attached to an aromatic ring is 1. The summed E-state index contributed by atoms with van der Waals surface area (Å²) in [6.45, 7) is 0. The maximum absolute atomic E-state index is 11.3. The van der Waals surface area contributed by atoms with Crippen LogP contribution in [0.3, 0.4) is 0 Å². The second-order valence-corrected chi connectivity index (χ2v) is 7.35. The van der Waals surface area contributed by atoms with Gasteiger partial charge in [-0.05, 0) is 52.3 Å². The molecule has 8 heteroatoms. The number of sulfonamides is 1. The Morgan fingerprint density at radius 3 is 2.35 bits per heavy atom. The van der Waals surface area contributed by atoms with Crippen LogP contribution in [0.25, 0.3) is 0 Å². The molecule has 0 saturated carbocycles. The van der Waals surface area contributed by atoms with Crippen molar-refractivity contribution in [1.82, 2.24) is 0 Å². The summed E-state index contributed by atoms with van der Waals surface area (Å²) in [5.74, 6) is 0. The van der Waals surface area contributed by atoms with Crippen LogP contribution in [-0.4, -0.2) is 8.42 Å². The second kappa shape index (κ2) is 5.72. The van der Waals surface area contributed by atoms with Crippen LogP contribution in [-0.2, 0) is 10.0 Å². The molecule has 2 aromatic carbocycles. The number of hydrogen-bond donors (Lipinski definition) is 3. The minimum absolute atomic E-state index is 0.0867. The highest BCUT2D eigenvalue weighted by Gasteiger charge is 2.12. The lowest BCUT2D eigenvalue weighted by Crippen LogP contribution is -2.14. The predicted molar refractivity (Wildman–Crippen MR) is 87.4 cm³/mol. The molecule has 0 radical (unpaired) electrons. The Morgan fingerprint density at radius 2 is 1.75 bits per heavy atom. The minimum atomic E-state index is -3.81. The molecule has 0 atom stereocenters. The minimum Gasteiger partial charge on any atom is -0.398 e. The molecule has 5 N–H and O–H groups in total. The molecule has 0 spiro atoms. The summed E-state index contributed by atoms with van der Waals surface area (Å²) >= 11 is 6.80. The second-order valence-electron chi connectivity index (χ2n) is 4.05. The predicted octanol–water partition coefficient (Wildman–Crippen LogP) is 3.18. The SMILES string of the molecule is Nc1cc(Nc2cc(Br)ccc2Br)ccc1S(N)(=O)=O. The quantitative estimate of drug-likeness (QED) is 0.664. The van der Waals surface area contributed by atoms with Crippen molar-refractivity contribution >= 4 is 58.9 Å². The highest BCUT2D eigenvalue weighted by molar-refractivity contribution is 9.11. The van der Waals surface area contributed by atoms with E-state index in [9.17, 15) is 8.42 Å². The molecule has 0 unspecified atom stereocenters. The van der Waals surface area contributed by atoms with Gasteiger partial charge in [-0.3, -0.25) is 0 Å². The third-order valence-electron chi connectivity index (χ3n) is 2.52. The Bertz CT molecular complexity index is 763. The first kappa shape index (κ1) is 15.3. The molecule has 0 aliphatic rings. The Hall–Kier alpha value is -1.09. The zero-order chi connectivity index (χ0) is 14.9. The van der Waals surface area contributed by atoms with E-state index >= 15 is 0 Å². The summed E-state index contributed by atoms with van der Waals surface area (Å²) < 4.78 is 24.4. The van der Waals surface area contributed by atoms with E-state index in [2.05, 4.69) is 37.2 Å². The average Bonchev–Trinajstić information content (AvgIpc) is 2.32. The standard InChI is InChI=1S/C12H11Br2N3O2S/c13-7-1-3-9(14)11(5-7)17-8-2-4-12(10(15)6-8)20(16,18)19/h1-6,17H,15H2,(H2,16,18,19). The summed E-state index contributed by atoms with van der Waals surface area (Å²) in [6.07, 6.45) is 0. The van der Waals surface area contributed by atoms with Crippen LogP contribution in [0.15, 0.2) is 50.2 Å². The van der Waals surface area contributed by atoms with Gasteiger partial charge in [-0.25, -0.2) is 13.6 Å². The highest BCUT2D eigenvalue weighted by Crippen LogP contribution is 2.30. The third kappa shape index (κ3) is 3.51. The zero-order valence-electron chi connectivity index (χ0n) is 10.1. The van der Waals surface area contributed by atoms with Crippen molar-refractivity contribution in [3.63, 3.8) is 0 Å². The molecule has 2 aromatic rings. The van der Waals surface area contributed by atoms with Crippen LogP contribution in [0.2, 0.25) is 0 Å². The van der Waals surface area contributed by atoms with E-state index in [-0.39, 0.29) is 10.6 Å². The largest absolute Gasteiger partial charge is 0.398 e. The van der Waals surface area contributed by atoms with Gasteiger partial charge in [-0.2, -0.15) is 0 Å². The molecule has 0 amide bonds. The van der Waals surface area contributed by atoms with Gasteiger partial charge in [-0.1, -0.05) is 15.9 Å². The van der Waals surface area contributed by atoms with Gasteiger partial charge in [0.25, 0.3) is 0 Å². The number of halogens is 2. The molecule has 20 heavy (non-hydrogen) atoms. The van der Waals surface area contributed by atoms with Crippen LogP contribution < -0.4 is 16.2 Å². The van der Waals surface area contributed by atoms with Crippen molar-refractivity contribution in [3.8, 4) is 0 Å². The summed E-state index contributed by atoms with van der Waals surface area (Å²) in [7, 11) is -3.81. The van der Waals surface area contributed by atoms with Gasteiger partial charge in [0.05, 0.1) is 11.4 Å². The van der Waals surface area contributed by atoms with Crippen LogP contribution in [0, 0.1) is 0 Å². The zero-order valence-corrected chi connectivity index (χ0v) is 14.1. The lowest BCUT2D eigenvalue weighted by atomic mass is 10.2. The van der Waals surface area contributed by atoms with E-state index in [0.29, 0.717) is 5.69 Å². The van der Waals surface area contributed by atoms with Crippen molar-refractivity contribution in [2.45, 2.75) is 4.90 Å². The third-order valence-corrected chi connectivity index (χ3v) is 4.69. The normalized spacial score (nSPS) is 11.3. The molecule has 2 rings (SSSR count). The molecule has 5 nitrogen and oxygen atoms in total. The fraction of sp³-hybridized carbons (Fsp3) is 0. The lowest BCUT2D eigenvalue weighted by molar-refractivity contribution is 0.598. The number of nitrogens with two attached hydrogens (primary N) is 2. The van der Waals surface area contributed by atoms with Crippen LogP contribution >= 0.6 is 31.9 Å². The van der Waals surface area contributed by atoms with E-state index in [0.717, 1.165) is 14.6 Å². The fourth-order valence-corrected chi connectivity index (χ4v) is 2.99. The molecule has 0 saturated heterocycles. The Kier molecular flexibility index (Phi) is 4.38. The molecular weight excluding hydrogens is 410 g/mol. The van der Waals surface area contributed by atoms with Crippen molar-refractivity contribution < 1.29 is 8.42 Å². The maximum atomic E-state index is 11.3. The van der Waals surface area contributed by atoms with E-state index in [1.54, 1.807) is 6.07 Å². The van der Waals surface area contributed by atoms with E-state index in [1.807, 2.05) is 18.2 Å². The van der Waals surface area contributed by atoms with Crippen molar-refractivity contribution in [2.75, 3.05) is 11.1 Å². The van der Waals surface area contributed by atoms with Gasteiger partial charge >= 0.3 is 0 Å². The molecule has 0 fully saturated rings.